The van der Waals surface area contributed by atoms with Crippen LogP contribution in [0.25, 0.3) is 11.5 Å². The van der Waals surface area contributed by atoms with Gasteiger partial charge in [-0.1, -0.05) is 58.4 Å². The Hall–Kier alpha value is -2.93. The molecule has 7 heteroatoms. The lowest BCUT2D eigenvalue weighted by Gasteiger charge is -2.28. The van der Waals surface area contributed by atoms with Crippen molar-refractivity contribution in [1.82, 2.24) is 15.2 Å². The van der Waals surface area contributed by atoms with E-state index in [-0.39, 0.29) is 11.8 Å². The molecule has 1 saturated heterocycles. The lowest BCUT2D eigenvalue weighted by atomic mass is 10.1. The zero-order valence-electron chi connectivity index (χ0n) is 17.1. The number of hydrogen-bond acceptors (Lipinski definition) is 4. The van der Waals surface area contributed by atoms with Gasteiger partial charge in [0.05, 0.1) is 6.42 Å². The van der Waals surface area contributed by atoms with Gasteiger partial charge in [0, 0.05) is 30.0 Å². The fourth-order valence-electron chi connectivity index (χ4n) is 3.53. The Morgan fingerprint density at radius 3 is 2.45 bits per heavy atom. The highest BCUT2D eigenvalue weighted by Crippen LogP contribution is 2.22. The largest absolute Gasteiger partial charge is 0.444 e. The van der Waals surface area contributed by atoms with Crippen LogP contribution in [0.2, 0.25) is 0 Å². The minimum atomic E-state index is -0.0906. The van der Waals surface area contributed by atoms with Crippen LogP contribution in [-0.2, 0) is 17.8 Å². The summed E-state index contributed by atoms with van der Waals surface area (Å²) >= 11 is 3.60. The summed E-state index contributed by atoms with van der Waals surface area (Å²) in [5.74, 6) is 0.306. The summed E-state index contributed by atoms with van der Waals surface area (Å²) in [6.07, 6.45) is 3.68. The first kappa shape index (κ1) is 21.3. The molecule has 6 nitrogen and oxygen atoms in total. The lowest BCUT2D eigenvalue weighted by Crippen LogP contribution is -2.38. The Bertz CT molecular complexity index is 1030. The number of benzene rings is 2. The Morgan fingerprint density at radius 1 is 1.03 bits per heavy atom. The average molecular weight is 482 g/mol. The van der Waals surface area contributed by atoms with E-state index >= 15 is 0 Å². The maximum atomic E-state index is 12.6. The second-order valence-corrected chi connectivity index (χ2v) is 8.94. The number of nitrogens with one attached hydrogen (secondary N) is 1. The second kappa shape index (κ2) is 9.92. The molecule has 1 fully saturated rings. The molecule has 31 heavy (non-hydrogen) atoms. The topological polar surface area (TPSA) is 75.4 Å². The smallest absolute Gasteiger partial charge is 0.275 e. The van der Waals surface area contributed by atoms with E-state index in [4.69, 9.17) is 4.42 Å². The minimum absolute atomic E-state index is 0.0184. The van der Waals surface area contributed by atoms with E-state index in [2.05, 4.69) is 26.2 Å². The molecule has 0 radical (unpaired) electrons. The first-order valence-electron chi connectivity index (χ1n) is 10.4. The summed E-state index contributed by atoms with van der Waals surface area (Å²) in [6, 6.07) is 17.3. The predicted molar refractivity (Wildman–Crippen MR) is 122 cm³/mol. The van der Waals surface area contributed by atoms with Gasteiger partial charge < -0.3 is 14.6 Å². The third-order valence-corrected chi connectivity index (χ3v) is 6.25. The number of hydrogen-bond donors (Lipinski definition) is 1. The van der Waals surface area contributed by atoms with Gasteiger partial charge in [-0.2, -0.15) is 0 Å². The number of amides is 2. The van der Waals surface area contributed by atoms with E-state index < -0.39 is 0 Å². The van der Waals surface area contributed by atoms with Crippen LogP contribution in [0.15, 0.2) is 65.3 Å². The van der Waals surface area contributed by atoms with Gasteiger partial charge in [0.1, 0.15) is 6.26 Å². The van der Waals surface area contributed by atoms with E-state index in [0.29, 0.717) is 29.4 Å². The van der Waals surface area contributed by atoms with Crippen molar-refractivity contribution in [3.63, 3.8) is 0 Å². The number of piperidine rings is 1. The van der Waals surface area contributed by atoms with Gasteiger partial charge >= 0.3 is 0 Å². The Morgan fingerprint density at radius 2 is 1.74 bits per heavy atom. The maximum absolute atomic E-state index is 12.6. The van der Waals surface area contributed by atoms with Gasteiger partial charge in [-0.3, -0.25) is 9.59 Å². The number of oxazole rings is 1. The monoisotopic (exact) mass is 481 g/mol. The van der Waals surface area contributed by atoms with Crippen LogP contribution in [0.5, 0.6) is 0 Å². The Kier molecular flexibility index (Phi) is 6.82. The summed E-state index contributed by atoms with van der Waals surface area (Å²) in [5, 5.41) is 2.93. The Labute approximate surface area is 189 Å². The molecule has 4 rings (SSSR count). The molecule has 1 aliphatic rings. The van der Waals surface area contributed by atoms with Crippen molar-refractivity contribution >= 4 is 27.7 Å². The van der Waals surface area contributed by atoms with Gasteiger partial charge in [-0.15, -0.1) is 0 Å². The molecule has 1 aliphatic heterocycles. The molecule has 0 spiro atoms. The SMILES string of the molecule is O=C(Cc1ccccc1)NCc1ccc(-c2nc(C(=O)N3CCC(Br)CC3)co2)cc1. The van der Waals surface area contributed by atoms with Gasteiger partial charge in [-0.05, 0) is 36.1 Å². The number of nitrogens with zero attached hydrogens (tertiary/aromatic N) is 2. The molecule has 2 aromatic carbocycles. The summed E-state index contributed by atoms with van der Waals surface area (Å²) in [6.45, 7) is 1.90. The Balaban J connectivity index is 1.32. The molecule has 0 unspecified atom stereocenters. The molecule has 0 atom stereocenters. The molecule has 0 saturated carbocycles. The van der Waals surface area contributed by atoms with Crippen LogP contribution in [0.1, 0.15) is 34.5 Å². The van der Waals surface area contributed by atoms with Crippen LogP contribution in [0.4, 0.5) is 0 Å². The number of carbonyl (C=O) groups is 2. The van der Waals surface area contributed by atoms with Crippen molar-refractivity contribution in [2.24, 2.45) is 0 Å². The molecule has 3 aromatic rings. The summed E-state index contributed by atoms with van der Waals surface area (Å²) < 4.78 is 5.55. The van der Waals surface area contributed by atoms with Gasteiger partial charge in [0.15, 0.2) is 5.69 Å². The third-order valence-electron chi connectivity index (χ3n) is 5.33. The van der Waals surface area contributed by atoms with Crippen molar-refractivity contribution < 1.29 is 14.0 Å². The summed E-state index contributed by atoms with van der Waals surface area (Å²) in [5.41, 5.74) is 3.09. The van der Waals surface area contributed by atoms with Crippen LogP contribution in [0.3, 0.4) is 0 Å². The summed E-state index contributed by atoms with van der Waals surface area (Å²) in [4.78, 5) is 31.4. The van der Waals surface area contributed by atoms with Gasteiger partial charge in [0.25, 0.3) is 5.91 Å². The van der Waals surface area contributed by atoms with Crippen molar-refractivity contribution in [2.45, 2.75) is 30.6 Å². The van der Waals surface area contributed by atoms with E-state index in [1.54, 1.807) is 0 Å². The highest BCUT2D eigenvalue weighted by atomic mass is 79.9. The zero-order valence-corrected chi connectivity index (χ0v) is 18.7. The number of carbonyl (C=O) groups excluding carboxylic acids is 2. The number of likely N-dealkylation sites (tertiary alicyclic amines) is 1. The van der Waals surface area contributed by atoms with E-state index in [1.807, 2.05) is 59.5 Å². The standard InChI is InChI=1S/C24H24BrN3O3/c25-20-10-12-28(13-11-20)24(30)21-16-31-23(27-21)19-8-6-18(7-9-19)15-26-22(29)14-17-4-2-1-3-5-17/h1-9,16,20H,10-15H2,(H,26,29). The quantitative estimate of drug-likeness (QED) is 0.535. The summed E-state index contributed by atoms with van der Waals surface area (Å²) in [7, 11) is 0. The van der Waals surface area contributed by atoms with Crippen LogP contribution in [0, 0.1) is 0 Å². The molecular weight excluding hydrogens is 458 g/mol. The lowest BCUT2D eigenvalue weighted by molar-refractivity contribution is -0.120. The molecule has 2 amide bonds. The maximum Gasteiger partial charge on any atom is 0.275 e. The van der Waals surface area contributed by atoms with Gasteiger partial charge in [0.2, 0.25) is 11.8 Å². The van der Waals surface area contributed by atoms with Crippen molar-refractivity contribution in [2.75, 3.05) is 13.1 Å². The molecule has 2 heterocycles. The van der Waals surface area contributed by atoms with E-state index in [0.717, 1.165) is 42.6 Å². The number of halogens is 1. The van der Waals surface area contributed by atoms with E-state index in [9.17, 15) is 9.59 Å². The normalized spacial score (nSPS) is 14.4. The molecule has 1 N–H and O–H groups in total. The van der Waals surface area contributed by atoms with Crippen LogP contribution >= 0.6 is 15.9 Å². The molecule has 0 aliphatic carbocycles. The number of alkyl halides is 1. The number of aromatic nitrogens is 1. The van der Waals surface area contributed by atoms with Crippen molar-refractivity contribution in [1.29, 1.82) is 0 Å². The van der Waals surface area contributed by atoms with Crippen LogP contribution < -0.4 is 5.32 Å². The van der Waals surface area contributed by atoms with Crippen molar-refractivity contribution in [3.05, 3.63) is 77.7 Å². The first-order valence-corrected chi connectivity index (χ1v) is 11.3. The zero-order chi connectivity index (χ0) is 21.6. The van der Waals surface area contributed by atoms with Crippen molar-refractivity contribution in [3.8, 4) is 11.5 Å². The molecular formula is C24H24BrN3O3. The fraction of sp³-hybridized carbons (Fsp3) is 0.292. The molecule has 1 aromatic heterocycles. The first-order chi connectivity index (χ1) is 15.1. The van der Waals surface area contributed by atoms with Gasteiger partial charge in [-0.25, -0.2) is 4.98 Å². The second-order valence-electron chi connectivity index (χ2n) is 7.64. The third kappa shape index (κ3) is 5.61. The fourth-order valence-corrected chi connectivity index (χ4v) is 3.94. The predicted octanol–water partition coefficient (Wildman–Crippen LogP) is 4.20. The highest BCUT2D eigenvalue weighted by Gasteiger charge is 2.24. The average Bonchev–Trinajstić information content (AvgIpc) is 3.29. The minimum Gasteiger partial charge on any atom is -0.444 e. The highest BCUT2D eigenvalue weighted by molar-refractivity contribution is 9.09. The molecule has 0 bridgehead atoms. The van der Waals surface area contributed by atoms with E-state index in [1.165, 1.54) is 6.26 Å². The molecule has 160 valence electrons. The van der Waals surface area contributed by atoms with Crippen LogP contribution in [-0.4, -0.2) is 39.6 Å². The number of rotatable bonds is 6.